The number of aromatic nitrogens is 2. The molecule has 1 aliphatic rings. The van der Waals surface area contributed by atoms with Gasteiger partial charge in [0.05, 0.1) is 15.9 Å². The van der Waals surface area contributed by atoms with Crippen LogP contribution in [0.15, 0.2) is 4.47 Å². The SMILES string of the molecule is CCc1nn(C)c(CNCC2(CO)CC2)c1Br. The topological polar surface area (TPSA) is 50.1 Å². The molecule has 0 saturated heterocycles. The number of nitrogens with zero attached hydrogens (tertiary/aromatic N) is 2. The van der Waals surface area contributed by atoms with Crippen molar-refractivity contribution in [3.05, 3.63) is 15.9 Å². The van der Waals surface area contributed by atoms with Gasteiger partial charge in [-0.05, 0) is 35.2 Å². The summed E-state index contributed by atoms with van der Waals surface area (Å²) >= 11 is 3.60. The van der Waals surface area contributed by atoms with Crippen molar-refractivity contribution in [1.29, 1.82) is 0 Å². The van der Waals surface area contributed by atoms with Crippen molar-refractivity contribution >= 4 is 15.9 Å². The highest BCUT2D eigenvalue weighted by molar-refractivity contribution is 9.10. The fourth-order valence-corrected chi connectivity index (χ4v) is 2.78. The molecule has 0 bridgehead atoms. The standard InChI is InChI=1S/C12H20BrN3O/c1-3-9-11(13)10(16(2)15-9)6-14-7-12(8-17)4-5-12/h14,17H,3-8H2,1-2H3. The molecule has 1 fully saturated rings. The Balaban J connectivity index is 1.92. The number of aliphatic hydroxyl groups excluding tert-OH is 1. The van der Waals surface area contributed by atoms with Crippen molar-refractivity contribution in [1.82, 2.24) is 15.1 Å². The van der Waals surface area contributed by atoms with Gasteiger partial charge in [0.25, 0.3) is 0 Å². The first-order chi connectivity index (χ1) is 8.12. The zero-order valence-corrected chi connectivity index (χ0v) is 12.0. The first-order valence-corrected chi connectivity index (χ1v) is 6.93. The Bertz CT molecular complexity index is 399. The third kappa shape index (κ3) is 2.72. The molecule has 2 rings (SSSR count). The summed E-state index contributed by atoms with van der Waals surface area (Å²) in [5.41, 5.74) is 2.45. The molecular weight excluding hydrogens is 282 g/mol. The zero-order chi connectivity index (χ0) is 12.5. The summed E-state index contributed by atoms with van der Waals surface area (Å²) < 4.78 is 3.04. The van der Waals surface area contributed by atoms with Crippen LogP contribution in [0.1, 0.15) is 31.2 Å². The average molecular weight is 302 g/mol. The minimum absolute atomic E-state index is 0.165. The van der Waals surface area contributed by atoms with E-state index in [-0.39, 0.29) is 5.41 Å². The largest absolute Gasteiger partial charge is 0.396 e. The molecule has 5 heteroatoms. The molecule has 0 aliphatic heterocycles. The fourth-order valence-electron chi connectivity index (χ4n) is 2.03. The van der Waals surface area contributed by atoms with Crippen LogP contribution in [0, 0.1) is 5.41 Å². The van der Waals surface area contributed by atoms with E-state index < -0.39 is 0 Å². The number of rotatable bonds is 6. The predicted molar refractivity (Wildman–Crippen MR) is 70.7 cm³/mol. The van der Waals surface area contributed by atoms with E-state index in [9.17, 15) is 5.11 Å². The number of aryl methyl sites for hydroxylation is 2. The van der Waals surface area contributed by atoms with Crippen LogP contribution >= 0.6 is 15.9 Å². The number of aliphatic hydroxyl groups is 1. The molecule has 0 spiro atoms. The lowest BCUT2D eigenvalue weighted by Gasteiger charge is -2.12. The summed E-state index contributed by atoms with van der Waals surface area (Å²) in [6.45, 7) is 4.09. The Morgan fingerprint density at radius 3 is 2.71 bits per heavy atom. The third-order valence-corrected chi connectivity index (χ3v) is 4.50. The van der Waals surface area contributed by atoms with Crippen LogP contribution < -0.4 is 5.32 Å². The maximum Gasteiger partial charge on any atom is 0.0767 e. The van der Waals surface area contributed by atoms with Gasteiger partial charge in [0.15, 0.2) is 0 Å². The van der Waals surface area contributed by atoms with Crippen molar-refractivity contribution in [3.8, 4) is 0 Å². The second-order valence-corrected chi connectivity index (χ2v) is 5.74. The van der Waals surface area contributed by atoms with E-state index in [1.165, 1.54) is 5.69 Å². The molecule has 1 aliphatic carbocycles. The molecule has 0 unspecified atom stereocenters. The second-order valence-electron chi connectivity index (χ2n) is 4.95. The Morgan fingerprint density at radius 2 is 2.24 bits per heavy atom. The van der Waals surface area contributed by atoms with Crippen LogP contribution in [0.25, 0.3) is 0 Å². The van der Waals surface area contributed by atoms with E-state index in [2.05, 4.69) is 33.3 Å². The Hall–Kier alpha value is -0.390. The van der Waals surface area contributed by atoms with E-state index in [1.807, 2.05) is 11.7 Å². The summed E-state index contributed by atoms with van der Waals surface area (Å²) in [5, 5.41) is 17.1. The molecule has 0 amide bonds. The van der Waals surface area contributed by atoms with E-state index in [0.717, 1.165) is 42.5 Å². The molecule has 96 valence electrons. The van der Waals surface area contributed by atoms with Crippen LogP contribution in [-0.4, -0.2) is 28.0 Å². The van der Waals surface area contributed by atoms with Gasteiger partial charge in [-0.15, -0.1) is 0 Å². The average Bonchev–Trinajstić information content (AvgIpc) is 3.05. The van der Waals surface area contributed by atoms with Crippen LogP contribution in [0.3, 0.4) is 0 Å². The van der Waals surface area contributed by atoms with Crippen LogP contribution in [0.5, 0.6) is 0 Å². The Labute approximate surface area is 111 Å². The monoisotopic (exact) mass is 301 g/mol. The Morgan fingerprint density at radius 1 is 1.53 bits per heavy atom. The zero-order valence-electron chi connectivity index (χ0n) is 10.5. The maximum absolute atomic E-state index is 9.24. The van der Waals surface area contributed by atoms with Gasteiger partial charge in [-0.25, -0.2) is 0 Å². The number of hydrogen-bond donors (Lipinski definition) is 2. The lowest BCUT2D eigenvalue weighted by atomic mass is 10.1. The van der Waals surface area contributed by atoms with Crippen molar-refractivity contribution in [2.75, 3.05) is 13.2 Å². The summed E-state index contributed by atoms with van der Waals surface area (Å²) in [5.74, 6) is 0. The highest BCUT2D eigenvalue weighted by atomic mass is 79.9. The van der Waals surface area contributed by atoms with E-state index in [1.54, 1.807) is 0 Å². The van der Waals surface area contributed by atoms with Crippen LogP contribution in [0.2, 0.25) is 0 Å². The summed E-state index contributed by atoms with van der Waals surface area (Å²) in [6, 6.07) is 0. The van der Waals surface area contributed by atoms with Crippen molar-refractivity contribution in [2.24, 2.45) is 12.5 Å². The normalized spacial score (nSPS) is 17.4. The number of hydrogen-bond acceptors (Lipinski definition) is 3. The molecule has 1 aromatic heterocycles. The predicted octanol–water partition coefficient (Wildman–Crippen LogP) is 1.61. The highest BCUT2D eigenvalue weighted by Gasteiger charge is 2.41. The summed E-state index contributed by atoms with van der Waals surface area (Å²) in [4.78, 5) is 0. The van der Waals surface area contributed by atoms with Crippen molar-refractivity contribution in [3.63, 3.8) is 0 Å². The number of halogens is 1. The van der Waals surface area contributed by atoms with Crippen LogP contribution in [-0.2, 0) is 20.0 Å². The van der Waals surface area contributed by atoms with Crippen LogP contribution in [0.4, 0.5) is 0 Å². The van der Waals surface area contributed by atoms with Gasteiger partial charge >= 0.3 is 0 Å². The highest BCUT2D eigenvalue weighted by Crippen LogP contribution is 2.44. The molecule has 1 aromatic rings. The van der Waals surface area contributed by atoms with E-state index >= 15 is 0 Å². The molecule has 1 heterocycles. The van der Waals surface area contributed by atoms with Gasteiger partial charge in [-0.3, -0.25) is 4.68 Å². The van der Waals surface area contributed by atoms with E-state index in [0.29, 0.717) is 6.61 Å². The summed E-state index contributed by atoms with van der Waals surface area (Å²) in [7, 11) is 1.97. The van der Waals surface area contributed by atoms with Gasteiger partial charge < -0.3 is 10.4 Å². The smallest absolute Gasteiger partial charge is 0.0767 e. The minimum atomic E-state index is 0.165. The Kier molecular flexibility index (Phi) is 3.90. The van der Waals surface area contributed by atoms with Gasteiger partial charge in [0, 0.05) is 32.2 Å². The number of nitrogens with one attached hydrogen (secondary N) is 1. The molecule has 17 heavy (non-hydrogen) atoms. The van der Waals surface area contributed by atoms with Crippen molar-refractivity contribution in [2.45, 2.75) is 32.7 Å². The second kappa shape index (κ2) is 5.08. The summed E-state index contributed by atoms with van der Waals surface area (Å²) in [6.07, 6.45) is 3.22. The van der Waals surface area contributed by atoms with Gasteiger partial charge in [-0.2, -0.15) is 5.10 Å². The lowest BCUT2D eigenvalue weighted by Crippen LogP contribution is -2.27. The molecule has 0 radical (unpaired) electrons. The van der Waals surface area contributed by atoms with Gasteiger partial charge in [0.1, 0.15) is 0 Å². The first-order valence-electron chi connectivity index (χ1n) is 6.14. The molecule has 0 aromatic carbocycles. The first kappa shape index (κ1) is 13.1. The van der Waals surface area contributed by atoms with E-state index in [4.69, 9.17) is 0 Å². The lowest BCUT2D eigenvalue weighted by molar-refractivity contribution is 0.207. The van der Waals surface area contributed by atoms with Crippen molar-refractivity contribution < 1.29 is 5.11 Å². The van der Waals surface area contributed by atoms with Gasteiger partial charge in [0.2, 0.25) is 0 Å². The minimum Gasteiger partial charge on any atom is -0.396 e. The fraction of sp³-hybridized carbons (Fsp3) is 0.750. The molecule has 4 nitrogen and oxygen atoms in total. The molecular formula is C12H20BrN3O. The van der Waals surface area contributed by atoms with Gasteiger partial charge in [-0.1, -0.05) is 6.92 Å². The molecule has 2 N–H and O–H groups in total. The quantitative estimate of drug-likeness (QED) is 0.839. The molecule has 1 saturated carbocycles. The third-order valence-electron chi connectivity index (χ3n) is 3.59. The maximum atomic E-state index is 9.24. The molecule has 0 atom stereocenters.